The number of hydrogen-bond acceptors (Lipinski definition) is 2. The quantitative estimate of drug-likeness (QED) is 0.536. The van der Waals surface area contributed by atoms with Gasteiger partial charge in [0.1, 0.15) is 12.2 Å². The van der Waals surface area contributed by atoms with Crippen molar-refractivity contribution in [3.8, 4) is 0 Å². The van der Waals surface area contributed by atoms with Gasteiger partial charge in [0.2, 0.25) is 0 Å². The lowest BCUT2D eigenvalue weighted by Crippen LogP contribution is -2.06. The van der Waals surface area contributed by atoms with Gasteiger partial charge in [-0.2, -0.15) is 0 Å². The van der Waals surface area contributed by atoms with Crippen molar-refractivity contribution in [1.82, 2.24) is 0 Å². The van der Waals surface area contributed by atoms with Gasteiger partial charge < -0.3 is 10.2 Å². The number of benzene rings is 3. The number of aliphatic hydroxyl groups is 2. The smallest absolute Gasteiger partial charge is 0.104 e. The van der Waals surface area contributed by atoms with E-state index in [0.717, 1.165) is 47.1 Å². The third kappa shape index (κ3) is 4.62. The predicted molar refractivity (Wildman–Crippen MR) is 122 cm³/mol. The maximum atomic E-state index is 10.7. The molecule has 0 spiro atoms. The van der Waals surface area contributed by atoms with Crippen LogP contribution in [0.5, 0.6) is 0 Å². The second kappa shape index (κ2) is 9.25. The summed E-state index contributed by atoms with van der Waals surface area (Å²) in [5.41, 5.74) is 7.59. The molecule has 2 nitrogen and oxygen atoms in total. The van der Waals surface area contributed by atoms with Gasteiger partial charge in [0.15, 0.2) is 0 Å². The van der Waals surface area contributed by atoms with Gasteiger partial charge in [0.25, 0.3) is 0 Å². The highest BCUT2D eigenvalue weighted by molar-refractivity contribution is 5.38. The predicted octanol–water partition coefficient (Wildman–Crippen LogP) is 6.00. The van der Waals surface area contributed by atoms with Gasteiger partial charge in [-0.15, -0.1) is 0 Å². The van der Waals surface area contributed by atoms with E-state index >= 15 is 0 Å². The molecule has 2 atom stereocenters. The molecule has 3 aromatic carbocycles. The van der Waals surface area contributed by atoms with E-state index in [2.05, 4.69) is 24.3 Å². The molecule has 1 aliphatic carbocycles. The monoisotopic (exact) mass is 396 g/mol. The first kappa shape index (κ1) is 20.3. The average molecular weight is 397 g/mol. The zero-order valence-corrected chi connectivity index (χ0v) is 17.3. The number of aliphatic hydroxyl groups excluding tert-OH is 2. The van der Waals surface area contributed by atoms with Crippen LogP contribution in [0.15, 0.2) is 102 Å². The van der Waals surface area contributed by atoms with E-state index in [0.29, 0.717) is 0 Å². The topological polar surface area (TPSA) is 40.5 Å². The van der Waals surface area contributed by atoms with Gasteiger partial charge in [-0.05, 0) is 59.6 Å². The fraction of sp³-hybridized carbons (Fsp3) is 0.214. The number of allylic oxidation sites excluding steroid dienone is 3. The normalized spacial score (nSPS) is 15.8. The maximum absolute atomic E-state index is 10.7. The molecule has 0 saturated heterocycles. The molecule has 0 fully saturated rings. The third-order valence-corrected chi connectivity index (χ3v) is 5.94. The van der Waals surface area contributed by atoms with Crippen LogP contribution in [0, 0.1) is 6.92 Å². The van der Waals surface area contributed by atoms with E-state index in [4.69, 9.17) is 0 Å². The van der Waals surface area contributed by atoms with Crippen LogP contribution in [-0.2, 0) is 6.42 Å². The van der Waals surface area contributed by atoms with Gasteiger partial charge in [-0.25, -0.2) is 0 Å². The second-order valence-corrected chi connectivity index (χ2v) is 8.06. The maximum Gasteiger partial charge on any atom is 0.104 e. The summed E-state index contributed by atoms with van der Waals surface area (Å²) in [7, 11) is 0. The van der Waals surface area contributed by atoms with Crippen LogP contribution in [0.1, 0.15) is 52.9 Å². The lowest BCUT2D eigenvalue weighted by molar-refractivity contribution is 0.210. The van der Waals surface area contributed by atoms with Crippen LogP contribution in [0.3, 0.4) is 0 Å². The molecular formula is C28H28O2. The van der Waals surface area contributed by atoms with E-state index in [1.807, 2.05) is 73.7 Å². The number of aryl methyl sites for hydroxylation is 1. The highest BCUT2D eigenvalue weighted by Crippen LogP contribution is 2.31. The largest absolute Gasteiger partial charge is 0.384 e. The van der Waals surface area contributed by atoms with Crippen molar-refractivity contribution in [2.75, 3.05) is 0 Å². The van der Waals surface area contributed by atoms with Crippen LogP contribution in [0.4, 0.5) is 0 Å². The molecule has 0 radical (unpaired) electrons. The molecule has 0 aliphatic heterocycles. The summed E-state index contributed by atoms with van der Waals surface area (Å²) in [6, 6.07) is 26.1. The van der Waals surface area contributed by atoms with Crippen molar-refractivity contribution in [1.29, 1.82) is 0 Å². The minimum Gasteiger partial charge on any atom is -0.384 e. The molecule has 0 heterocycles. The molecule has 0 bridgehead atoms. The zero-order chi connectivity index (χ0) is 20.9. The summed E-state index contributed by atoms with van der Waals surface area (Å²) in [5, 5.41) is 21.3. The Morgan fingerprint density at radius 3 is 2.03 bits per heavy atom. The first-order chi connectivity index (χ1) is 14.6. The van der Waals surface area contributed by atoms with Gasteiger partial charge in [-0.3, -0.25) is 0 Å². The minimum absolute atomic E-state index is 0.522. The van der Waals surface area contributed by atoms with Crippen molar-refractivity contribution in [3.05, 3.63) is 130 Å². The summed E-state index contributed by atoms with van der Waals surface area (Å²) in [6.07, 6.45) is 5.85. The molecule has 3 aromatic rings. The molecule has 4 rings (SSSR count). The first-order valence-electron chi connectivity index (χ1n) is 10.6. The molecule has 0 saturated carbocycles. The summed E-state index contributed by atoms with van der Waals surface area (Å²) < 4.78 is 0. The van der Waals surface area contributed by atoms with E-state index in [9.17, 15) is 10.2 Å². The van der Waals surface area contributed by atoms with Gasteiger partial charge >= 0.3 is 0 Å². The Bertz CT molecular complexity index is 1050. The van der Waals surface area contributed by atoms with Crippen LogP contribution < -0.4 is 0 Å². The Kier molecular flexibility index (Phi) is 6.27. The molecule has 2 heteroatoms. The van der Waals surface area contributed by atoms with Crippen LogP contribution in [0.2, 0.25) is 0 Å². The molecule has 0 amide bonds. The van der Waals surface area contributed by atoms with E-state index in [1.54, 1.807) is 0 Å². The lowest BCUT2D eigenvalue weighted by Gasteiger charge is -2.20. The molecule has 0 aromatic heterocycles. The molecule has 2 unspecified atom stereocenters. The average Bonchev–Trinajstić information content (AvgIpc) is 2.80. The molecule has 2 N–H and O–H groups in total. The molecule has 152 valence electrons. The highest BCUT2D eigenvalue weighted by atomic mass is 16.3. The van der Waals surface area contributed by atoms with Crippen molar-refractivity contribution < 1.29 is 10.2 Å². The third-order valence-electron chi connectivity index (χ3n) is 5.94. The Morgan fingerprint density at radius 1 is 0.700 bits per heavy atom. The van der Waals surface area contributed by atoms with Gasteiger partial charge in [0, 0.05) is 0 Å². The molecule has 1 aliphatic rings. The highest BCUT2D eigenvalue weighted by Gasteiger charge is 2.16. The van der Waals surface area contributed by atoms with Crippen molar-refractivity contribution in [2.24, 2.45) is 0 Å². The van der Waals surface area contributed by atoms with Crippen LogP contribution in [0.25, 0.3) is 0 Å². The Labute approximate surface area is 178 Å². The van der Waals surface area contributed by atoms with Gasteiger partial charge in [0.05, 0.1) is 0 Å². The number of hydrogen-bond donors (Lipinski definition) is 2. The van der Waals surface area contributed by atoms with E-state index in [-0.39, 0.29) is 0 Å². The Morgan fingerprint density at radius 2 is 1.37 bits per heavy atom. The lowest BCUT2D eigenvalue weighted by atomic mass is 9.89. The van der Waals surface area contributed by atoms with Crippen molar-refractivity contribution >= 4 is 0 Å². The summed E-state index contributed by atoms with van der Waals surface area (Å²) in [5.74, 6) is 0. The summed E-state index contributed by atoms with van der Waals surface area (Å²) in [6.45, 7) is 2.03. The Balaban J connectivity index is 1.42. The summed E-state index contributed by atoms with van der Waals surface area (Å²) >= 11 is 0. The fourth-order valence-corrected chi connectivity index (χ4v) is 4.07. The Hall–Kier alpha value is -2.94. The molecular weight excluding hydrogens is 368 g/mol. The van der Waals surface area contributed by atoms with E-state index in [1.165, 1.54) is 11.1 Å². The first-order valence-corrected chi connectivity index (χ1v) is 10.6. The van der Waals surface area contributed by atoms with Crippen LogP contribution >= 0.6 is 0 Å². The second-order valence-electron chi connectivity index (χ2n) is 8.06. The van der Waals surface area contributed by atoms with Crippen molar-refractivity contribution in [3.63, 3.8) is 0 Å². The van der Waals surface area contributed by atoms with E-state index < -0.39 is 12.2 Å². The summed E-state index contributed by atoms with van der Waals surface area (Å²) in [4.78, 5) is 0. The minimum atomic E-state index is -0.598. The van der Waals surface area contributed by atoms with Gasteiger partial charge in [-0.1, -0.05) is 96.6 Å². The zero-order valence-electron chi connectivity index (χ0n) is 17.3. The number of rotatable bonds is 6. The van der Waals surface area contributed by atoms with Crippen molar-refractivity contribution in [2.45, 2.75) is 38.4 Å². The fourth-order valence-electron chi connectivity index (χ4n) is 4.07. The SMILES string of the molecule is Cc1ccccc1C(O)c1ccc(CC2=CC=C(C(O)c3ccccc3)CC2)cc1. The standard InChI is InChI=1S/C28H28O2/c1-20-7-5-6-10-26(20)28(30)25-17-13-22(14-18-25)19-21-11-15-24(16-12-21)27(29)23-8-3-2-4-9-23/h2-11,13-15,17-18,27-30H,12,16,19H2,1H3. The molecule has 30 heavy (non-hydrogen) atoms. The van der Waals surface area contributed by atoms with Crippen LogP contribution in [-0.4, -0.2) is 10.2 Å².